The highest BCUT2D eigenvalue weighted by atomic mass is 16.5. The summed E-state index contributed by atoms with van der Waals surface area (Å²) in [5.74, 6) is 0.131. The summed E-state index contributed by atoms with van der Waals surface area (Å²) >= 11 is 0. The van der Waals surface area contributed by atoms with Crippen LogP contribution in [0, 0.1) is 0 Å². The fourth-order valence-electron chi connectivity index (χ4n) is 1.46. The van der Waals surface area contributed by atoms with E-state index in [1.54, 1.807) is 30.3 Å². The zero-order valence-electron chi connectivity index (χ0n) is 9.79. The molecule has 0 radical (unpaired) electrons. The number of para-hydroxylation sites is 1. The molecule has 1 N–H and O–H groups in total. The average Bonchev–Trinajstić information content (AvgIpc) is 2.40. The van der Waals surface area contributed by atoms with Crippen LogP contribution in [0.4, 0.5) is 0 Å². The molecule has 0 amide bonds. The number of rotatable bonds is 3. The molecule has 18 heavy (non-hydrogen) atoms. The summed E-state index contributed by atoms with van der Waals surface area (Å²) < 4.78 is 10.1. The van der Waals surface area contributed by atoms with Crippen molar-refractivity contribution in [3.63, 3.8) is 0 Å². The van der Waals surface area contributed by atoms with E-state index in [1.165, 1.54) is 19.2 Å². The Bertz CT molecular complexity index is 549. The smallest absolute Gasteiger partial charge is 0.347 e. The van der Waals surface area contributed by atoms with E-state index in [2.05, 4.69) is 0 Å². The first-order valence-electron chi connectivity index (χ1n) is 5.35. The lowest BCUT2D eigenvalue weighted by Crippen LogP contribution is -2.08. The van der Waals surface area contributed by atoms with E-state index >= 15 is 0 Å². The highest BCUT2D eigenvalue weighted by Crippen LogP contribution is 2.24. The van der Waals surface area contributed by atoms with Gasteiger partial charge in [0.2, 0.25) is 0 Å². The first kappa shape index (κ1) is 12.0. The second-order valence-corrected chi connectivity index (χ2v) is 3.59. The van der Waals surface area contributed by atoms with Crippen molar-refractivity contribution in [2.24, 2.45) is 0 Å². The van der Waals surface area contributed by atoms with Gasteiger partial charge in [0, 0.05) is 0 Å². The van der Waals surface area contributed by atoms with E-state index in [0.29, 0.717) is 11.5 Å². The fourth-order valence-corrected chi connectivity index (χ4v) is 1.46. The minimum Gasteiger partial charge on any atom is -0.507 e. The van der Waals surface area contributed by atoms with Crippen LogP contribution in [0.25, 0.3) is 0 Å². The van der Waals surface area contributed by atoms with Gasteiger partial charge in [-0.1, -0.05) is 18.2 Å². The zero-order chi connectivity index (χ0) is 13.0. The molecule has 0 atom stereocenters. The molecule has 0 bridgehead atoms. The van der Waals surface area contributed by atoms with Crippen LogP contribution in [-0.4, -0.2) is 18.2 Å². The Labute approximate surface area is 104 Å². The summed E-state index contributed by atoms with van der Waals surface area (Å²) in [5, 5.41) is 9.62. The van der Waals surface area contributed by atoms with Crippen molar-refractivity contribution in [2.75, 3.05) is 7.11 Å². The topological polar surface area (TPSA) is 55.8 Å². The highest BCUT2D eigenvalue weighted by Gasteiger charge is 2.14. The summed E-state index contributed by atoms with van der Waals surface area (Å²) in [6.07, 6.45) is 0. The quantitative estimate of drug-likeness (QED) is 0.666. The molecule has 2 aromatic rings. The number of phenolic OH excluding ortho intramolecular Hbond substituents is 1. The maximum Gasteiger partial charge on any atom is 0.347 e. The Balaban J connectivity index is 2.23. The normalized spacial score (nSPS) is 9.83. The van der Waals surface area contributed by atoms with E-state index in [0.717, 1.165) is 0 Å². The summed E-state index contributed by atoms with van der Waals surface area (Å²) in [6.45, 7) is 0. The molecule has 0 aliphatic heterocycles. The van der Waals surface area contributed by atoms with Crippen LogP contribution in [0.1, 0.15) is 10.4 Å². The maximum absolute atomic E-state index is 11.9. The van der Waals surface area contributed by atoms with Gasteiger partial charge in [0.25, 0.3) is 0 Å². The first-order valence-corrected chi connectivity index (χ1v) is 5.35. The van der Waals surface area contributed by atoms with Crippen molar-refractivity contribution < 1.29 is 19.4 Å². The lowest BCUT2D eigenvalue weighted by Gasteiger charge is -2.07. The molecule has 0 aliphatic carbocycles. The van der Waals surface area contributed by atoms with Crippen molar-refractivity contribution in [1.82, 2.24) is 0 Å². The third-order valence-corrected chi connectivity index (χ3v) is 2.38. The second kappa shape index (κ2) is 5.23. The molecular weight excluding hydrogens is 232 g/mol. The van der Waals surface area contributed by atoms with Gasteiger partial charge in [-0.2, -0.15) is 0 Å². The molecule has 0 aliphatic rings. The monoisotopic (exact) mass is 244 g/mol. The Kier molecular flexibility index (Phi) is 3.48. The molecule has 4 heteroatoms. The lowest BCUT2D eigenvalue weighted by atomic mass is 10.2. The first-order chi connectivity index (χ1) is 8.70. The van der Waals surface area contributed by atoms with E-state index in [4.69, 9.17) is 9.47 Å². The van der Waals surface area contributed by atoms with Crippen LogP contribution in [-0.2, 0) is 0 Å². The molecule has 92 valence electrons. The van der Waals surface area contributed by atoms with Crippen molar-refractivity contribution in [3.8, 4) is 17.2 Å². The number of benzene rings is 2. The Morgan fingerprint density at radius 3 is 2.44 bits per heavy atom. The molecule has 4 nitrogen and oxygen atoms in total. The average molecular weight is 244 g/mol. The predicted octanol–water partition coefficient (Wildman–Crippen LogP) is 2.62. The second-order valence-electron chi connectivity index (χ2n) is 3.59. The third-order valence-electron chi connectivity index (χ3n) is 2.38. The third kappa shape index (κ3) is 2.60. The van der Waals surface area contributed by atoms with Gasteiger partial charge in [-0.15, -0.1) is 0 Å². The van der Waals surface area contributed by atoms with Crippen LogP contribution in [0.3, 0.4) is 0 Å². The highest BCUT2D eigenvalue weighted by molar-refractivity contribution is 5.94. The minimum absolute atomic E-state index is 0.0678. The van der Waals surface area contributed by atoms with Gasteiger partial charge in [0.1, 0.15) is 22.8 Å². The van der Waals surface area contributed by atoms with Crippen LogP contribution >= 0.6 is 0 Å². The lowest BCUT2D eigenvalue weighted by molar-refractivity contribution is 0.0731. The molecule has 0 aromatic heterocycles. The number of phenols is 1. The van der Waals surface area contributed by atoms with E-state index in [-0.39, 0.29) is 11.3 Å². The van der Waals surface area contributed by atoms with Crippen molar-refractivity contribution in [2.45, 2.75) is 0 Å². The number of methoxy groups -OCH3 is 1. The fraction of sp³-hybridized carbons (Fsp3) is 0.0714. The number of carbonyl (C=O) groups excluding carboxylic acids is 1. The van der Waals surface area contributed by atoms with Gasteiger partial charge in [0.15, 0.2) is 0 Å². The van der Waals surface area contributed by atoms with Crippen molar-refractivity contribution in [1.29, 1.82) is 0 Å². The van der Waals surface area contributed by atoms with Crippen molar-refractivity contribution in [3.05, 3.63) is 54.1 Å². The summed E-state index contributed by atoms with van der Waals surface area (Å²) in [7, 11) is 1.48. The Hall–Kier alpha value is -2.49. The summed E-state index contributed by atoms with van der Waals surface area (Å²) in [5.41, 5.74) is 0.0678. The number of ether oxygens (including phenoxy) is 2. The molecule has 2 rings (SSSR count). The van der Waals surface area contributed by atoms with E-state index in [9.17, 15) is 9.90 Å². The molecule has 0 spiro atoms. The molecule has 0 fully saturated rings. The number of esters is 1. The SMILES string of the molecule is COc1ccc(O)c(C(=O)Oc2ccccc2)c1. The molecule has 2 aromatic carbocycles. The number of aromatic hydroxyl groups is 1. The summed E-state index contributed by atoms with van der Waals surface area (Å²) in [6, 6.07) is 13.0. The minimum atomic E-state index is -0.627. The van der Waals surface area contributed by atoms with E-state index < -0.39 is 5.97 Å². The summed E-state index contributed by atoms with van der Waals surface area (Å²) in [4.78, 5) is 11.9. The Morgan fingerprint density at radius 2 is 1.78 bits per heavy atom. The molecule has 0 saturated carbocycles. The molecular formula is C14H12O4. The van der Waals surface area contributed by atoms with Crippen molar-refractivity contribution >= 4 is 5.97 Å². The zero-order valence-corrected chi connectivity index (χ0v) is 9.79. The number of hydrogen-bond donors (Lipinski definition) is 1. The molecule has 0 saturated heterocycles. The Morgan fingerprint density at radius 1 is 1.06 bits per heavy atom. The predicted molar refractivity (Wildman–Crippen MR) is 66.1 cm³/mol. The van der Waals surface area contributed by atoms with Gasteiger partial charge in [-0.3, -0.25) is 0 Å². The van der Waals surface area contributed by atoms with Crippen LogP contribution in [0.2, 0.25) is 0 Å². The molecule has 0 unspecified atom stereocenters. The van der Waals surface area contributed by atoms with Gasteiger partial charge >= 0.3 is 5.97 Å². The molecule has 0 heterocycles. The van der Waals surface area contributed by atoms with E-state index in [1.807, 2.05) is 6.07 Å². The number of hydrogen-bond acceptors (Lipinski definition) is 4. The van der Waals surface area contributed by atoms with Crippen LogP contribution in [0.5, 0.6) is 17.2 Å². The maximum atomic E-state index is 11.9. The van der Waals surface area contributed by atoms with Gasteiger partial charge in [-0.25, -0.2) is 4.79 Å². The van der Waals surface area contributed by atoms with Gasteiger partial charge < -0.3 is 14.6 Å². The van der Waals surface area contributed by atoms with Gasteiger partial charge in [0.05, 0.1) is 7.11 Å². The van der Waals surface area contributed by atoms with Crippen LogP contribution in [0.15, 0.2) is 48.5 Å². The van der Waals surface area contributed by atoms with Crippen LogP contribution < -0.4 is 9.47 Å². The largest absolute Gasteiger partial charge is 0.507 e. The number of carbonyl (C=O) groups is 1. The standard InChI is InChI=1S/C14H12O4/c1-17-11-7-8-13(15)12(9-11)14(16)18-10-5-3-2-4-6-10/h2-9,15H,1H3. The van der Waals surface area contributed by atoms with Gasteiger partial charge in [-0.05, 0) is 30.3 Å².